The first-order valence-corrected chi connectivity index (χ1v) is 4.21. The number of aliphatic hydroxyl groups is 1. The van der Waals surface area contributed by atoms with E-state index in [0.29, 0.717) is 5.56 Å². The van der Waals surface area contributed by atoms with Gasteiger partial charge in [0.05, 0.1) is 0 Å². The zero-order chi connectivity index (χ0) is 9.84. The fourth-order valence-electron chi connectivity index (χ4n) is 1.22. The minimum absolute atomic E-state index is 0.332. The molecule has 0 aliphatic rings. The molecular weight excluding hydrogens is 167 g/mol. The van der Waals surface area contributed by atoms with Crippen LogP contribution in [-0.4, -0.2) is 5.11 Å². The zero-order valence-electron chi connectivity index (χ0n) is 7.79. The normalized spacial score (nSPS) is 14.3. The predicted molar refractivity (Wildman–Crippen MR) is 51.8 cm³/mol. The molecule has 0 heterocycles. The fraction of sp³-hybridized carbons (Fsp3) is 0.273. The van der Waals surface area contributed by atoms with Crippen molar-refractivity contribution in [2.75, 3.05) is 0 Å². The van der Waals surface area contributed by atoms with Gasteiger partial charge in [0, 0.05) is 5.56 Å². The molecule has 1 rings (SSSR count). The lowest BCUT2D eigenvalue weighted by Gasteiger charge is -2.09. The Morgan fingerprint density at radius 3 is 2.62 bits per heavy atom. The molecule has 0 spiro atoms. The van der Waals surface area contributed by atoms with E-state index < -0.39 is 6.36 Å². The van der Waals surface area contributed by atoms with Crippen LogP contribution >= 0.6 is 0 Å². The van der Waals surface area contributed by atoms with E-state index in [1.54, 1.807) is 18.2 Å². The third-order valence-corrected chi connectivity index (χ3v) is 2.08. The summed E-state index contributed by atoms with van der Waals surface area (Å²) in [5, 5.41) is 8.86. The van der Waals surface area contributed by atoms with Gasteiger partial charge in [0.15, 0.2) is 0 Å². The maximum absolute atomic E-state index is 12.7. The first-order valence-electron chi connectivity index (χ1n) is 4.21. The largest absolute Gasteiger partial charge is 0.360 e. The molecule has 0 saturated heterocycles. The lowest BCUT2D eigenvalue weighted by atomic mass is 10.0. The van der Waals surface area contributed by atoms with E-state index in [9.17, 15) is 4.39 Å². The first-order chi connectivity index (χ1) is 6.16. The number of rotatable bonds is 2. The second-order valence-electron chi connectivity index (χ2n) is 2.89. The number of hydrogen-bond donors (Lipinski definition) is 1. The molecule has 1 aromatic rings. The van der Waals surface area contributed by atoms with Crippen LogP contribution in [0, 0.1) is 0 Å². The molecule has 1 N–H and O–H groups in total. The summed E-state index contributed by atoms with van der Waals surface area (Å²) in [6, 6.07) is 6.93. The van der Waals surface area contributed by atoms with Crippen molar-refractivity contribution >= 4 is 5.57 Å². The van der Waals surface area contributed by atoms with Gasteiger partial charge in [0.2, 0.25) is 6.36 Å². The number of halogens is 1. The first kappa shape index (κ1) is 9.93. The molecule has 0 radical (unpaired) electrons. The van der Waals surface area contributed by atoms with E-state index in [1.807, 2.05) is 26.0 Å². The second-order valence-corrected chi connectivity index (χ2v) is 2.89. The van der Waals surface area contributed by atoms with Gasteiger partial charge >= 0.3 is 0 Å². The Morgan fingerprint density at radius 1 is 1.46 bits per heavy atom. The van der Waals surface area contributed by atoms with Gasteiger partial charge in [-0.05, 0) is 25.0 Å². The molecule has 1 aromatic carbocycles. The molecule has 0 amide bonds. The van der Waals surface area contributed by atoms with E-state index in [-0.39, 0.29) is 0 Å². The number of hydrogen-bond acceptors (Lipinski definition) is 1. The number of alkyl halides is 1. The highest BCUT2D eigenvalue weighted by molar-refractivity contribution is 5.66. The zero-order valence-corrected chi connectivity index (χ0v) is 7.79. The summed E-state index contributed by atoms with van der Waals surface area (Å²) in [7, 11) is 0. The topological polar surface area (TPSA) is 20.2 Å². The summed E-state index contributed by atoms with van der Waals surface area (Å²) in [5.41, 5.74) is 2.06. The standard InChI is InChI=1S/C11H13FO/c1-3-8(2)9-6-4-5-7-10(9)11(12)13/h3-7,11,13H,1-2H3. The highest BCUT2D eigenvalue weighted by Crippen LogP contribution is 2.24. The van der Waals surface area contributed by atoms with Gasteiger partial charge in [-0.15, -0.1) is 0 Å². The Kier molecular flexibility index (Phi) is 3.20. The van der Waals surface area contributed by atoms with E-state index in [2.05, 4.69) is 0 Å². The quantitative estimate of drug-likeness (QED) is 0.741. The van der Waals surface area contributed by atoms with Crippen LogP contribution in [-0.2, 0) is 0 Å². The Labute approximate surface area is 77.5 Å². The fourth-order valence-corrected chi connectivity index (χ4v) is 1.22. The van der Waals surface area contributed by atoms with Gasteiger partial charge in [-0.3, -0.25) is 0 Å². The van der Waals surface area contributed by atoms with Crippen molar-refractivity contribution in [3.8, 4) is 0 Å². The Hall–Kier alpha value is -1.15. The van der Waals surface area contributed by atoms with Gasteiger partial charge in [0.25, 0.3) is 0 Å². The minimum Gasteiger partial charge on any atom is -0.360 e. The SMILES string of the molecule is CC=C(C)c1ccccc1C(O)F. The van der Waals surface area contributed by atoms with Gasteiger partial charge in [-0.1, -0.05) is 30.3 Å². The number of benzene rings is 1. The molecule has 0 aliphatic heterocycles. The summed E-state index contributed by atoms with van der Waals surface area (Å²) in [6.07, 6.45) is -0.00704. The van der Waals surface area contributed by atoms with Crippen molar-refractivity contribution < 1.29 is 9.50 Å². The maximum Gasteiger partial charge on any atom is 0.223 e. The van der Waals surface area contributed by atoms with Crippen LogP contribution in [0.1, 0.15) is 31.3 Å². The number of aliphatic hydroxyl groups excluding tert-OH is 1. The molecule has 0 aliphatic carbocycles. The van der Waals surface area contributed by atoms with Crippen LogP contribution in [0.3, 0.4) is 0 Å². The summed E-state index contributed by atoms with van der Waals surface area (Å²) >= 11 is 0. The molecule has 0 aromatic heterocycles. The van der Waals surface area contributed by atoms with Crippen LogP contribution in [0.4, 0.5) is 4.39 Å². The maximum atomic E-state index is 12.7. The van der Waals surface area contributed by atoms with Crippen LogP contribution in [0.2, 0.25) is 0 Å². The van der Waals surface area contributed by atoms with Crippen molar-refractivity contribution in [3.63, 3.8) is 0 Å². The van der Waals surface area contributed by atoms with Crippen molar-refractivity contribution in [2.24, 2.45) is 0 Å². The van der Waals surface area contributed by atoms with Crippen LogP contribution in [0.25, 0.3) is 5.57 Å². The minimum atomic E-state index is -1.90. The summed E-state index contributed by atoms with van der Waals surface area (Å²) in [4.78, 5) is 0. The molecular formula is C11H13FO. The lowest BCUT2D eigenvalue weighted by Crippen LogP contribution is -1.94. The third kappa shape index (κ3) is 2.16. The smallest absolute Gasteiger partial charge is 0.223 e. The van der Waals surface area contributed by atoms with Crippen LogP contribution < -0.4 is 0 Å². The monoisotopic (exact) mass is 180 g/mol. The molecule has 2 heteroatoms. The van der Waals surface area contributed by atoms with Gasteiger partial charge < -0.3 is 5.11 Å². The van der Waals surface area contributed by atoms with Crippen molar-refractivity contribution in [2.45, 2.75) is 20.2 Å². The molecule has 0 saturated carbocycles. The molecule has 1 unspecified atom stereocenters. The van der Waals surface area contributed by atoms with Crippen molar-refractivity contribution in [3.05, 3.63) is 41.5 Å². The number of allylic oxidation sites excluding steroid dienone is 2. The van der Waals surface area contributed by atoms with Gasteiger partial charge in [0.1, 0.15) is 0 Å². The molecule has 1 nitrogen and oxygen atoms in total. The Bertz CT molecular complexity index is 316. The Balaban J connectivity index is 3.20. The summed E-state index contributed by atoms with van der Waals surface area (Å²) in [5.74, 6) is 0. The highest BCUT2D eigenvalue weighted by Gasteiger charge is 2.10. The molecule has 70 valence electrons. The molecule has 0 bridgehead atoms. The predicted octanol–water partition coefficient (Wildman–Crippen LogP) is 3.07. The summed E-state index contributed by atoms with van der Waals surface area (Å²) < 4.78 is 12.7. The van der Waals surface area contributed by atoms with Gasteiger partial charge in [-0.2, -0.15) is 0 Å². The molecule has 13 heavy (non-hydrogen) atoms. The average Bonchev–Trinajstić information content (AvgIpc) is 2.16. The Morgan fingerprint density at radius 2 is 2.08 bits per heavy atom. The third-order valence-electron chi connectivity index (χ3n) is 2.08. The van der Waals surface area contributed by atoms with Crippen molar-refractivity contribution in [1.29, 1.82) is 0 Å². The van der Waals surface area contributed by atoms with Crippen LogP contribution in [0.15, 0.2) is 30.3 Å². The van der Waals surface area contributed by atoms with E-state index in [4.69, 9.17) is 5.11 Å². The van der Waals surface area contributed by atoms with Crippen molar-refractivity contribution in [1.82, 2.24) is 0 Å². The molecule has 1 atom stereocenters. The van der Waals surface area contributed by atoms with E-state index in [0.717, 1.165) is 11.1 Å². The second kappa shape index (κ2) is 4.19. The van der Waals surface area contributed by atoms with Crippen LogP contribution in [0.5, 0.6) is 0 Å². The van der Waals surface area contributed by atoms with Gasteiger partial charge in [-0.25, -0.2) is 4.39 Å². The lowest BCUT2D eigenvalue weighted by molar-refractivity contribution is 0.0409. The van der Waals surface area contributed by atoms with E-state index >= 15 is 0 Å². The highest BCUT2D eigenvalue weighted by atomic mass is 19.1. The van der Waals surface area contributed by atoms with E-state index in [1.165, 1.54) is 0 Å². The molecule has 0 fully saturated rings. The average molecular weight is 180 g/mol. The summed E-state index contributed by atoms with van der Waals surface area (Å²) in [6.45, 7) is 3.78.